The highest BCUT2D eigenvalue weighted by Gasteiger charge is 2.70. The van der Waals surface area contributed by atoms with Crippen LogP contribution in [0.25, 0.3) is 66.1 Å². The first-order chi connectivity index (χ1) is 26.5. The Kier molecular flexibility index (Phi) is 7.87. The number of fused-ring (bicyclic) bond motifs is 6. The van der Waals surface area contributed by atoms with Gasteiger partial charge in [0.15, 0.2) is 51.4 Å². The molecule has 5 aromatic rings. The monoisotopic (exact) mass is 820 g/mol. The molecule has 0 amide bonds. The summed E-state index contributed by atoms with van der Waals surface area (Å²) in [5.74, 6) is -19.8. The Morgan fingerprint density at radius 2 is 0.965 bits per heavy atom. The second-order valence-corrected chi connectivity index (χ2v) is 14.6. The maximum atomic E-state index is 15.0. The first kappa shape index (κ1) is 38.2. The number of nitrogens with zero attached hydrogens (tertiary/aromatic N) is 8. The summed E-state index contributed by atoms with van der Waals surface area (Å²) in [4.78, 5) is 18.5. The molecule has 0 aliphatic heterocycles. The number of rotatable bonds is 3. The van der Waals surface area contributed by atoms with Crippen LogP contribution in [0.2, 0.25) is 0 Å². The van der Waals surface area contributed by atoms with E-state index in [2.05, 4.69) is 29.6 Å². The molecule has 2 heterocycles. The Labute approximate surface area is 308 Å². The van der Waals surface area contributed by atoms with Crippen LogP contribution in [-0.4, -0.2) is 19.9 Å². The standard InChI is InChI=1S/C35H9F13N8S/c1-10-25(36)27(38)23(28(39)26(10)37)17-8-53-33-13(55-17)4-11-19(15(6-49)51-2)12-5-14-34(21(12)22(20(11)33)16(7-50)52-3)54-9-18(56-14)24-29(40)31(42)35(32(43)30(24)41)57(44,45,46,47)48/h8-9H,4-5H2,1H3/b19-15+,22-16+. The van der Waals surface area contributed by atoms with Crippen LogP contribution in [0.4, 0.5) is 54.6 Å². The lowest BCUT2D eigenvalue weighted by molar-refractivity contribution is 0.330. The van der Waals surface area contributed by atoms with Gasteiger partial charge in [0, 0.05) is 40.0 Å². The van der Waals surface area contributed by atoms with Crippen LogP contribution in [0.3, 0.4) is 0 Å². The summed E-state index contributed by atoms with van der Waals surface area (Å²) in [6.45, 7) is 16.2. The molecule has 8 nitrogen and oxygen atoms in total. The molecule has 0 atom stereocenters. The molecule has 2 aliphatic rings. The van der Waals surface area contributed by atoms with Crippen molar-refractivity contribution in [2.24, 2.45) is 0 Å². The third-order valence-corrected chi connectivity index (χ3v) is 10.2. The van der Waals surface area contributed by atoms with E-state index >= 15 is 8.78 Å². The smallest absolute Gasteiger partial charge is 0.252 e. The average molecular weight is 821 g/mol. The van der Waals surface area contributed by atoms with Gasteiger partial charge in [0.05, 0.1) is 83.0 Å². The van der Waals surface area contributed by atoms with Crippen molar-refractivity contribution in [2.45, 2.75) is 24.7 Å². The maximum absolute atomic E-state index is 15.0. The second-order valence-electron chi connectivity index (χ2n) is 12.2. The van der Waals surface area contributed by atoms with Gasteiger partial charge in [0.1, 0.15) is 0 Å². The highest BCUT2D eigenvalue weighted by molar-refractivity contribution is 8.45. The van der Waals surface area contributed by atoms with Crippen molar-refractivity contribution >= 4 is 21.6 Å². The molecule has 286 valence electrons. The molecule has 0 bridgehead atoms. The molecule has 0 fully saturated rings. The van der Waals surface area contributed by atoms with Crippen molar-refractivity contribution in [1.29, 1.82) is 10.5 Å². The highest BCUT2D eigenvalue weighted by atomic mass is 32.5. The van der Waals surface area contributed by atoms with Crippen molar-refractivity contribution < 1.29 is 54.6 Å². The van der Waals surface area contributed by atoms with Crippen LogP contribution in [-0.2, 0) is 12.8 Å². The summed E-state index contributed by atoms with van der Waals surface area (Å²) in [7, 11) is -11.4. The second kappa shape index (κ2) is 11.7. The number of nitriles is 2. The quantitative estimate of drug-likeness (QED) is 0.100. The van der Waals surface area contributed by atoms with Gasteiger partial charge in [0.25, 0.3) is 11.4 Å². The third kappa shape index (κ3) is 5.43. The number of benzene rings is 3. The van der Waals surface area contributed by atoms with Gasteiger partial charge in [0.2, 0.25) is 0 Å². The van der Waals surface area contributed by atoms with E-state index < -0.39 is 120 Å². The minimum atomic E-state index is -11.4. The highest BCUT2D eigenvalue weighted by Crippen LogP contribution is 3.02. The first-order valence-electron chi connectivity index (χ1n) is 15.2. The summed E-state index contributed by atoms with van der Waals surface area (Å²) < 4.78 is 185. The van der Waals surface area contributed by atoms with Crippen LogP contribution in [0.5, 0.6) is 0 Å². The molecule has 0 spiro atoms. The molecule has 57 heavy (non-hydrogen) atoms. The molecule has 2 aliphatic carbocycles. The summed E-state index contributed by atoms with van der Waals surface area (Å²) in [5.41, 5.74) is -9.29. The minimum absolute atomic E-state index is 0.0529. The fourth-order valence-corrected chi connectivity index (χ4v) is 7.62. The van der Waals surface area contributed by atoms with Gasteiger partial charge in [-0.3, -0.25) is 9.97 Å². The van der Waals surface area contributed by atoms with E-state index in [9.17, 15) is 56.3 Å². The molecule has 0 saturated heterocycles. The van der Waals surface area contributed by atoms with Crippen molar-refractivity contribution in [2.75, 3.05) is 0 Å². The first-order valence-corrected chi connectivity index (χ1v) is 17.1. The fraction of sp³-hybridized carbons (Fsp3) is 0.0857. The Morgan fingerprint density at radius 3 is 1.32 bits per heavy atom. The number of halogens is 13. The number of hydrogen-bond acceptors (Lipinski definition) is 6. The summed E-state index contributed by atoms with van der Waals surface area (Å²) >= 11 is 0. The number of hydrogen-bond donors (Lipinski definition) is 0. The van der Waals surface area contributed by atoms with E-state index in [1.165, 1.54) is 0 Å². The molecule has 22 heteroatoms. The lowest BCUT2D eigenvalue weighted by Gasteiger charge is -2.40. The lowest BCUT2D eigenvalue weighted by Crippen LogP contribution is -2.26. The van der Waals surface area contributed by atoms with Gasteiger partial charge in [-0.1, -0.05) is 19.4 Å². The average Bonchev–Trinajstić information content (AvgIpc) is 3.71. The molecule has 0 N–H and O–H groups in total. The van der Waals surface area contributed by atoms with Crippen molar-refractivity contribution in [3.05, 3.63) is 120 Å². The van der Waals surface area contributed by atoms with Gasteiger partial charge >= 0.3 is 10.2 Å². The number of aromatic nitrogens is 4. The van der Waals surface area contributed by atoms with Crippen LogP contribution < -0.4 is 10.4 Å². The van der Waals surface area contributed by atoms with E-state index in [1.54, 1.807) is 12.1 Å². The van der Waals surface area contributed by atoms with Gasteiger partial charge in [-0.25, -0.2) is 65.3 Å². The molecule has 3 aromatic carbocycles. The topological polar surface area (TPSA) is 108 Å². The zero-order valence-corrected chi connectivity index (χ0v) is 28.3. The summed E-state index contributed by atoms with van der Waals surface area (Å²) in [6.07, 6.45) is -0.0241. The largest absolute Gasteiger partial charge is 0.316 e. The molecule has 0 saturated carbocycles. The Morgan fingerprint density at radius 1 is 0.596 bits per heavy atom. The Hall–Kier alpha value is -7.04. The SMILES string of the molecule is [C-]#[N+]/C(C#N)=c1\c2c(/c(=C(/C#N)[N+]#[C-])c3c1Cc1nc(-c4c(F)c(F)c(S(F)(F)(F)(F)F)c(F)c4F)cnc1-3)-c1ncc(-c3c(F)c(F)c(C)c(F)c3F)nc1C2. The predicted molar refractivity (Wildman–Crippen MR) is 171 cm³/mol. The van der Waals surface area contributed by atoms with Gasteiger partial charge in [-0.2, -0.15) is 0 Å². The van der Waals surface area contributed by atoms with Gasteiger partial charge in [-0.15, -0.1) is 0 Å². The van der Waals surface area contributed by atoms with E-state index in [4.69, 9.17) is 13.1 Å². The third-order valence-electron chi connectivity index (χ3n) is 9.07. The predicted octanol–water partition coefficient (Wildman–Crippen LogP) is 8.92. The summed E-state index contributed by atoms with van der Waals surface area (Å²) in [5, 5.41) is 19.5. The van der Waals surface area contributed by atoms with E-state index in [0.29, 0.717) is 12.4 Å². The molecular weight excluding hydrogens is 811 g/mol. The molecular formula is C35H9F13N8S. The molecule has 0 unspecified atom stereocenters. The van der Waals surface area contributed by atoms with E-state index in [0.717, 1.165) is 6.92 Å². The fourth-order valence-electron chi connectivity index (χ4n) is 6.77. The van der Waals surface area contributed by atoms with Crippen LogP contribution >= 0.6 is 10.2 Å². The van der Waals surface area contributed by atoms with Gasteiger partial charge in [-0.05, 0) is 18.1 Å². The molecule has 0 radical (unpaired) electrons. The van der Waals surface area contributed by atoms with Crippen LogP contribution in [0.15, 0.2) is 17.3 Å². The van der Waals surface area contributed by atoms with Crippen molar-refractivity contribution in [1.82, 2.24) is 19.9 Å². The Balaban J connectivity index is 1.53. The maximum Gasteiger partial charge on any atom is 0.316 e. The molecule has 2 aromatic heterocycles. The van der Waals surface area contributed by atoms with Crippen molar-refractivity contribution in [3.63, 3.8) is 0 Å². The van der Waals surface area contributed by atoms with Gasteiger partial charge < -0.3 is 0 Å². The molecule has 7 rings (SSSR count). The zero-order chi connectivity index (χ0) is 41.9. The van der Waals surface area contributed by atoms with Crippen LogP contribution in [0, 0.1) is 89.3 Å². The van der Waals surface area contributed by atoms with E-state index in [-0.39, 0.29) is 49.8 Å². The Bertz CT molecular complexity index is 3010. The summed E-state index contributed by atoms with van der Waals surface area (Å²) in [6, 6.07) is 3.29. The minimum Gasteiger partial charge on any atom is -0.252 e. The van der Waals surface area contributed by atoms with E-state index in [1.807, 2.05) is 0 Å². The van der Waals surface area contributed by atoms with Crippen molar-refractivity contribution in [3.8, 4) is 57.2 Å². The van der Waals surface area contributed by atoms with Crippen LogP contribution in [0.1, 0.15) is 28.1 Å². The normalized spacial score (nSPS) is 14.8. The lowest BCUT2D eigenvalue weighted by atomic mass is 9.92. The zero-order valence-electron chi connectivity index (χ0n) is 27.5.